The van der Waals surface area contributed by atoms with Gasteiger partial charge in [0.25, 0.3) is 5.91 Å². The second-order valence-electron chi connectivity index (χ2n) is 8.42. The van der Waals surface area contributed by atoms with Crippen LogP contribution in [0.3, 0.4) is 0 Å². The highest BCUT2D eigenvalue weighted by atomic mass is 35.5. The smallest absolute Gasteiger partial charge is 0.265 e. The van der Waals surface area contributed by atoms with Crippen LogP contribution in [0.1, 0.15) is 45.1 Å². The zero-order chi connectivity index (χ0) is 24.3. The Balaban J connectivity index is 1.67. The first-order chi connectivity index (χ1) is 16.5. The molecule has 2 aromatic rings. The van der Waals surface area contributed by atoms with Crippen LogP contribution in [0.15, 0.2) is 58.3 Å². The number of fused-ring (bicyclic) bond motifs is 1. The lowest BCUT2D eigenvalue weighted by Crippen LogP contribution is -2.44. The highest BCUT2D eigenvalue weighted by molar-refractivity contribution is 8.04. The number of hydrogen-bond donors (Lipinski definition) is 1. The molecule has 1 aliphatic heterocycles. The van der Waals surface area contributed by atoms with Gasteiger partial charge in [0.15, 0.2) is 0 Å². The van der Waals surface area contributed by atoms with Crippen molar-refractivity contribution >= 4 is 46.9 Å². The number of anilines is 1. The molecule has 0 bridgehead atoms. The van der Waals surface area contributed by atoms with E-state index in [9.17, 15) is 9.59 Å². The summed E-state index contributed by atoms with van der Waals surface area (Å²) in [6.07, 6.45) is 6.48. The Morgan fingerprint density at radius 1 is 1.06 bits per heavy atom. The maximum absolute atomic E-state index is 13.3. The number of carbonyl (C=O) groups excluding carboxylic acids is 2. The van der Waals surface area contributed by atoms with Crippen molar-refractivity contribution in [2.24, 2.45) is 0 Å². The number of unbranched alkanes of at least 4 members (excludes halogenated alkanes) is 2. The molecule has 1 aliphatic rings. The number of hydrogen-bond acceptors (Lipinski definition) is 4. The summed E-state index contributed by atoms with van der Waals surface area (Å²) in [4.78, 5) is 31.7. The van der Waals surface area contributed by atoms with Crippen LogP contribution in [0, 0.1) is 0 Å². The standard InChI is InChI=1S/C27H34ClN3O2S/c1-3-5-15-30(16-6-4-2)17-14-29-26(32)20-31-23-12-7-8-13-24(23)34-25(27(31)33)19-21-10-9-11-22(28)18-21/h7-13,18-19H,3-6,14-17,20H2,1-2H3,(H,29,32). The second-order valence-corrected chi connectivity index (χ2v) is 9.94. The summed E-state index contributed by atoms with van der Waals surface area (Å²) in [5.74, 6) is -0.325. The molecule has 1 heterocycles. The number of rotatable bonds is 12. The van der Waals surface area contributed by atoms with Gasteiger partial charge in [0.1, 0.15) is 6.54 Å². The molecule has 7 heteroatoms. The van der Waals surface area contributed by atoms with Gasteiger partial charge in [-0.05, 0) is 61.8 Å². The van der Waals surface area contributed by atoms with Crippen molar-refractivity contribution in [1.82, 2.24) is 10.2 Å². The van der Waals surface area contributed by atoms with Crippen LogP contribution >= 0.6 is 23.4 Å². The van der Waals surface area contributed by atoms with Gasteiger partial charge in [-0.3, -0.25) is 14.5 Å². The molecule has 34 heavy (non-hydrogen) atoms. The van der Waals surface area contributed by atoms with E-state index in [0.717, 1.165) is 61.5 Å². The third-order valence-electron chi connectivity index (χ3n) is 5.69. The number of halogens is 1. The average molecular weight is 500 g/mol. The van der Waals surface area contributed by atoms with Crippen molar-refractivity contribution < 1.29 is 9.59 Å². The summed E-state index contributed by atoms with van der Waals surface area (Å²) in [7, 11) is 0. The van der Waals surface area contributed by atoms with E-state index in [1.807, 2.05) is 48.5 Å². The predicted molar refractivity (Wildman–Crippen MR) is 143 cm³/mol. The number of benzene rings is 2. The highest BCUT2D eigenvalue weighted by Crippen LogP contribution is 2.41. The van der Waals surface area contributed by atoms with Gasteiger partial charge in [-0.1, -0.05) is 74.3 Å². The summed E-state index contributed by atoms with van der Waals surface area (Å²) in [6.45, 7) is 7.90. The third-order valence-corrected chi connectivity index (χ3v) is 7.00. The van der Waals surface area contributed by atoms with Crippen LogP contribution in [-0.2, 0) is 9.59 Å². The zero-order valence-corrected chi connectivity index (χ0v) is 21.6. The molecule has 0 spiro atoms. The van der Waals surface area contributed by atoms with Crippen molar-refractivity contribution in [3.05, 3.63) is 64.0 Å². The van der Waals surface area contributed by atoms with Gasteiger partial charge in [-0.15, -0.1) is 0 Å². The number of nitrogens with zero attached hydrogens (tertiary/aromatic N) is 2. The average Bonchev–Trinajstić information content (AvgIpc) is 2.83. The van der Waals surface area contributed by atoms with Crippen LogP contribution in [0.2, 0.25) is 5.02 Å². The summed E-state index contributed by atoms with van der Waals surface area (Å²) < 4.78 is 0. The minimum atomic E-state index is -0.175. The quantitative estimate of drug-likeness (QED) is 0.373. The van der Waals surface area contributed by atoms with Gasteiger partial charge in [-0.25, -0.2) is 0 Å². The van der Waals surface area contributed by atoms with Gasteiger partial charge in [-0.2, -0.15) is 0 Å². The van der Waals surface area contributed by atoms with Crippen LogP contribution in [0.4, 0.5) is 5.69 Å². The van der Waals surface area contributed by atoms with Crippen LogP contribution in [-0.4, -0.2) is 49.4 Å². The molecule has 0 aliphatic carbocycles. The summed E-state index contributed by atoms with van der Waals surface area (Å²) in [5, 5.41) is 3.64. The van der Waals surface area contributed by atoms with Gasteiger partial charge in [0.2, 0.25) is 5.91 Å². The number of thioether (sulfide) groups is 1. The minimum Gasteiger partial charge on any atom is -0.353 e. The lowest BCUT2D eigenvalue weighted by Gasteiger charge is -2.30. The first-order valence-corrected chi connectivity index (χ1v) is 13.3. The number of para-hydroxylation sites is 1. The lowest BCUT2D eigenvalue weighted by atomic mass is 10.2. The maximum atomic E-state index is 13.3. The Labute approximate surface area is 212 Å². The number of nitrogens with one attached hydrogen (secondary N) is 1. The Kier molecular flexibility index (Phi) is 10.5. The molecule has 0 radical (unpaired) electrons. The van der Waals surface area contributed by atoms with Crippen molar-refractivity contribution in [1.29, 1.82) is 0 Å². The Morgan fingerprint density at radius 3 is 2.50 bits per heavy atom. The van der Waals surface area contributed by atoms with E-state index in [4.69, 9.17) is 11.6 Å². The molecule has 182 valence electrons. The molecule has 0 saturated carbocycles. The van der Waals surface area contributed by atoms with Crippen molar-refractivity contribution in [2.75, 3.05) is 37.6 Å². The molecular weight excluding hydrogens is 466 g/mol. The molecule has 2 aromatic carbocycles. The Bertz CT molecular complexity index is 1000. The fourth-order valence-electron chi connectivity index (χ4n) is 3.82. The van der Waals surface area contributed by atoms with Gasteiger partial charge in [0, 0.05) is 23.0 Å². The van der Waals surface area contributed by atoms with E-state index >= 15 is 0 Å². The first kappa shape index (κ1) is 26.3. The van der Waals surface area contributed by atoms with Gasteiger partial charge >= 0.3 is 0 Å². The molecule has 2 amide bonds. The number of amides is 2. The predicted octanol–water partition coefficient (Wildman–Crippen LogP) is 5.84. The summed E-state index contributed by atoms with van der Waals surface area (Å²) >= 11 is 7.54. The van der Waals surface area contributed by atoms with Gasteiger partial charge in [0.05, 0.1) is 10.6 Å². The third kappa shape index (κ3) is 7.62. The maximum Gasteiger partial charge on any atom is 0.265 e. The summed E-state index contributed by atoms with van der Waals surface area (Å²) in [6, 6.07) is 15.1. The molecule has 0 atom stereocenters. The monoisotopic (exact) mass is 499 g/mol. The second kappa shape index (κ2) is 13.6. The van der Waals surface area contributed by atoms with E-state index in [2.05, 4.69) is 24.1 Å². The van der Waals surface area contributed by atoms with E-state index in [-0.39, 0.29) is 18.4 Å². The lowest BCUT2D eigenvalue weighted by molar-refractivity contribution is -0.122. The van der Waals surface area contributed by atoms with E-state index < -0.39 is 0 Å². The normalized spacial score (nSPS) is 14.5. The SMILES string of the molecule is CCCCN(CCCC)CCNC(=O)CN1C(=O)C(=Cc2cccc(Cl)c2)Sc2ccccc21. The summed E-state index contributed by atoms with van der Waals surface area (Å²) in [5.41, 5.74) is 1.62. The molecule has 5 nitrogen and oxygen atoms in total. The van der Waals surface area contributed by atoms with Crippen LogP contribution in [0.25, 0.3) is 6.08 Å². The van der Waals surface area contributed by atoms with Crippen LogP contribution in [0.5, 0.6) is 0 Å². The fraction of sp³-hybridized carbons (Fsp3) is 0.407. The highest BCUT2D eigenvalue weighted by Gasteiger charge is 2.30. The van der Waals surface area contributed by atoms with E-state index in [1.54, 1.807) is 11.0 Å². The van der Waals surface area contributed by atoms with Crippen LogP contribution < -0.4 is 10.2 Å². The Morgan fingerprint density at radius 2 is 1.79 bits per heavy atom. The first-order valence-electron chi connectivity index (χ1n) is 12.1. The van der Waals surface area contributed by atoms with Crippen molar-refractivity contribution in [3.63, 3.8) is 0 Å². The molecular formula is C27H34ClN3O2S. The molecule has 0 aromatic heterocycles. The Hall–Kier alpha value is -2.28. The van der Waals surface area contributed by atoms with Crippen molar-refractivity contribution in [2.45, 2.75) is 44.4 Å². The molecule has 0 fully saturated rings. The van der Waals surface area contributed by atoms with E-state index in [1.165, 1.54) is 11.8 Å². The molecule has 0 saturated heterocycles. The van der Waals surface area contributed by atoms with E-state index in [0.29, 0.717) is 16.5 Å². The minimum absolute atomic E-state index is 0.00673. The number of carbonyl (C=O) groups is 2. The van der Waals surface area contributed by atoms with Crippen molar-refractivity contribution in [3.8, 4) is 0 Å². The zero-order valence-electron chi connectivity index (χ0n) is 20.1. The van der Waals surface area contributed by atoms with Gasteiger partial charge < -0.3 is 10.2 Å². The topological polar surface area (TPSA) is 52.7 Å². The fourth-order valence-corrected chi connectivity index (χ4v) is 5.08. The molecule has 1 N–H and O–H groups in total. The molecule has 3 rings (SSSR count). The largest absolute Gasteiger partial charge is 0.353 e. The molecule has 0 unspecified atom stereocenters.